The second kappa shape index (κ2) is 2.37. The lowest BCUT2D eigenvalue weighted by atomic mass is 10.5. The van der Waals surface area contributed by atoms with Gasteiger partial charge in [0.2, 0.25) is 0 Å². The predicted octanol–water partition coefficient (Wildman–Crippen LogP) is 0.111. The molecular weight excluding hydrogens is 152 g/mol. The van der Waals surface area contributed by atoms with Gasteiger partial charge in [0.05, 0.1) is 15.3 Å². The van der Waals surface area contributed by atoms with E-state index in [9.17, 15) is 0 Å². The van der Waals surface area contributed by atoms with Gasteiger partial charge < -0.3 is 5.73 Å². The third-order valence-electron chi connectivity index (χ3n) is 0.916. The van der Waals surface area contributed by atoms with Gasteiger partial charge in [-0.2, -0.15) is 0 Å². The van der Waals surface area contributed by atoms with Crippen molar-refractivity contribution in [3.63, 3.8) is 0 Å². The minimum atomic E-state index is 0.351. The summed E-state index contributed by atoms with van der Waals surface area (Å²) in [6, 6.07) is 1.73. The molecule has 2 nitrogen and oxygen atoms in total. The summed E-state index contributed by atoms with van der Waals surface area (Å²) in [6.45, 7) is 0. The van der Waals surface area contributed by atoms with E-state index in [1.165, 1.54) is 0 Å². The molecule has 0 bridgehead atoms. The molecule has 0 fully saturated rings. The zero-order valence-electron chi connectivity index (χ0n) is 4.56. The first-order valence-corrected chi connectivity index (χ1v) is 3.21. The molecule has 0 atom stereocenters. The monoisotopic (exact) mass is 155 g/mol. The Balaban J connectivity index is 3.25. The predicted molar refractivity (Wildman–Crippen MR) is 39.0 cm³/mol. The van der Waals surface area contributed by atoms with Crippen LogP contribution in [0.1, 0.15) is 0 Å². The van der Waals surface area contributed by atoms with E-state index in [0.717, 1.165) is 5.19 Å². The van der Waals surface area contributed by atoms with Gasteiger partial charge in [0.15, 0.2) is 0 Å². The number of hydrogen-bond acceptors (Lipinski definition) is 2. The van der Waals surface area contributed by atoms with E-state index in [4.69, 9.17) is 17.3 Å². The van der Waals surface area contributed by atoms with Gasteiger partial charge in [-0.15, -0.1) is 0 Å². The molecule has 1 rings (SSSR count). The van der Waals surface area contributed by atoms with Crippen molar-refractivity contribution in [2.45, 2.75) is 0 Å². The lowest BCUT2D eigenvalue weighted by molar-refractivity contribution is 1.35. The maximum atomic E-state index is 5.64. The molecule has 0 saturated heterocycles. The first-order chi connectivity index (χ1) is 4.22. The highest BCUT2D eigenvalue weighted by Gasteiger charge is 1.97. The van der Waals surface area contributed by atoms with Crippen LogP contribution in [0.25, 0.3) is 0 Å². The minimum Gasteiger partial charge on any atom is -0.382 e. The highest BCUT2D eigenvalue weighted by molar-refractivity contribution is 6.46. The Bertz CT molecular complexity index is 206. The Kier molecular flexibility index (Phi) is 1.73. The largest absolute Gasteiger partial charge is 0.382 e. The Morgan fingerprint density at radius 1 is 1.67 bits per heavy atom. The van der Waals surface area contributed by atoms with Crippen molar-refractivity contribution in [1.29, 1.82) is 0 Å². The summed E-state index contributed by atoms with van der Waals surface area (Å²) >= 11 is 5.64. The summed E-state index contributed by atoms with van der Waals surface area (Å²) < 4.78 is 0. The molecule has 0 aromatic carbocycles. The molecule has 0 saturated carbocycles. The molecule has 0 spiro atoms. The summed E-state index contributed by atoms with van der Waals surface area (Å²) in [7, 11) is 3.24. The summed E-state index contributed by atoms with van der Waals surface area (Å²) in [5.41, 5.74) is 5.35. The van der Waals surface area contributed by atoms with Crippen molar-refractivity contribution in [3.8, 4) is 0 Å². The van der Waals surface area contributed by atoms with Crippen LogP contribution in [0.3, 0.4) is 0 Å². The first-order valence-electron chi connectivity index (χ1n) is 2.33. The average molecular weight is 156 g/mol. The van der Waals surface area contributed by atoms with Gasteiger partial charge in [-0.05, 0) is 11.3 Å². The summed E-state index contributed by atoms with van der Waals surface area (Å²) in [5, 5.41) is 1.23. The molecule has 0 amide bonds. The molecule has 4 heteroatoms. The molecule has 2 N–H and O–H groups in total. The quantitative estimate of drug-likeness (QED) is 0.541. The van der Waals surface area contributed by atoms with E-state index < -0.39 is 0 Å². The highest BCUT2D eigenvalue weighted by Crippen LogP contribution is 2.09. The normalized spacial score (nSPS) is 9.56. The van der Waals surface area contributed by atoms with E-state index in [1.54, 1.807) is 12.3 Å². The number of rotatable bonds is 0. The minimum absolute atomic E-state index is 0.351. The zero-order valence-corrected chi connectivity index (χ0v) is 6.31. The third-order valence-corrected chi connectivity index (χ3v) is 1.89. The van der Waals surface area contributed by atoms with E-state index in [2.05, 4.69) is 15.2 Å². The smallest absolute Gasteiger partial charge is 0.141 e. The molecule has 45 valence electrons. The van der Waals surface area contributed by atoms with Crippen molar-refractivity contribution < 1.29 is 0 Å². The third kappa shape index (κ3) is 1.23. The van der Waals surface area contributed by atoms with Crippen molar-refractivity contribution in [3.05, 3.63) is 17.3 Å². The fourth-order valence-electron chi connectivity index (χ4n) is 0.460. The van der Waals surface area contributed by atoms with Gasteiger partial charge in [0.1, 0.15) is 5.82 Å². The Morgan fingerprint density at radius 2 is 2.33 bits per heavy atom. The number of pyridine rings is 1. The molecular formula is C5H4ClN2Si. The van der Waals surface area contributed by atoms with Crippen LogP contribution in [-0.4, -0.2) is 15.2 Å². The molecule has 0 aliphatic heterocycles. The van der Waals surface area contributed by atoms with Crippen LogP contribution in [0.2, 0.25) is 5.02 Å². The lowest BCUT2D eigenvalue weighted by Gasteiger charge is -1.97. The molecule has 3 radical (unpaired) electrons. The zero-order chi connectivity index (χ0) is 6.85. The van der Waals surface area contributed by atoms with Crippen molar-refractivity contribution in [2.24, 2.45) is 0 Å². The molecule has 1 heterocycles. The van der Waals surface area contributed by atoms with Gasteiger partial charge in [-0.25, -0.2) is 4.98 Å². The number of halogens is 1. The number of nitrogen functional groups attached to an aromatic ring is 1. The van der Waals surface area contributed by atoms with Gasteiger partial charge in [0.25, 0.3) is 0 Å². The molecule has 1 aromatic rings. The maximum Gasteiger partial charge on any atom is 0.141 e. The van der Waals surface area contributed by atoms with Gasteiger partial charge in [-0.1, -0.05) is 11.6 Å². The van der Waals surface area contributed by atoms with Crippen LogP contribution < -0.4 is 10.9 Å². The first kappa shape index (κ1) is 6.58. The van der Waals surface area contributed by atoms with Gasteiger partial charge in [0, 0.05) is 6.20 Å². The Labute approximate surface area is 61.5 Å². The van der Waals surface area contributed by atoms with E-state index in [0.29, 0.717) is 10.8 Å². The standard InChI is InChI=1S/C5H4ClN2Si/c6-4-3(9)1-2-8-5(4)7/h1-2H,(H2,7,8). The number of aromatic nitrogens is 1. The number of nitrogens with two attached hydrogens (primary N) is 1. The van der Waals surface area contributed by atoms with Crippen molar-refractivity contribution in [1.82, 2.24) is 4.98 Å². The Hall–Kier alpha value is -0.543. The summed E-state index contributed by atoms with van der Waals surface area (Å²) in [6.07, 6.45) is 1.59. The van der Waals surface area contributed by atoms with Crippen LogP contribution in [0, 0.1) is 0 Å². The molecule has 0 aliphatic carbocycles. The molecule has 0 unspecified atom stereocenters. The van der Waals surface area contributed by atoms with Gasteiger partial charge in [-0.3, -0.25) is 0 Å². The van der Waals surface area contributed by atoms with Crippen LogP contribution in [-0.2, 0) is 0 Å². The van der Waals surface area contributed by atoms with E-state index in [-0.39, 0.29) is 0 Å². The molecule has 9 heavy (non-hydrogen) atoms. The van der Waals surface area contributed by atoms with Crippen LogP contribution in [0.4, 0.5) is 5.82 Å². The highest BCUT2D eigenvalue weighted by atomic mass is 35.5. The number of hydrogen-bond donors (Lipinski definition) is 1. The fourth-order valence-corrected chi connectivity index (χ4v) is 0.774. The van der Waals surface area contributed by atoms with E-state index in [1.807, 2.05) is 0 Å². The van der Waals surface area contributed by atoms with E-state index >= 15 is 0 Å². The van der Waals surface area contributed by atoms with Crippen LogP contribution in [0.5, 0.6) is 0 Å². The number of anilines is 1. The topological polar surface area (TPSA) is 38.9 Å². The van der Waals surface area contributed by atoms with Crippen LogP contribution >= 0.6 is 11.6 Å². The second-order valence-corrected chi connectivity index (χ2v) is 2.47. The summed E-state index contributed by atoms with van der Waals surface area (Å²) in [4.78, 5) is 3.75. The second-order valence-electron chi connectivity index (χ2n) is 1.56. The number of nitrogens with zero attached hydrogens (tertiary/aromatic N) is 1. The summed E-state index contributed by atoms with van der Waals surface area (Å²) in [5.74, 6) is 0.351. The Morgan fingerprint density at radius 3 is 2.78 bits per heavy atom. The van der Waals surface area contributed by atoms with Crippen molar-refractivity contribution in [2.75, 3.05) is 5.73 Å². The SMILES string of the molecule is Nc1nccc([Si])c1Cl. The fraction of sp³-hybridized carbons (Fsp3) is 0. The van der Waals surface area contributed by atoms with Crippen LogP contribution in [0.15, 0.2) is 12.3 Å². The molecule has 0 aliphatic rings. The average Bonchev–Trinajstić information content (AvgIpc) is 1.83. The lowest BCUT2D eigenvalue weighted by Crippen LogP contribution is -2.07. The van der Waals surface area contributed by atoms with Crippen molar-refractivity contribution >= 4 is 32.8 Å². The molecule has 1 aromatic heterocycles. The maximum absolute atomic E-state index is 5.64. The van der Waals surface area contributed by atoms with Gasteiger partial charge >= 0.3 is 0 Å².